The molecule has 1 aromatic rings. The first kappa shape index (κ1) is 19.3. The number of Topliss-reactive ketones (excluding diaryl/α,β-unsaturated/α-hetero) is 1. The number of rotatable bonds is 8. The molecule has 0 saturated carbocycles. The molecule has 0 bridgehead atoms. The van der Waals surface area contributed by atoms with Crippen molar-refractivity contribution in [3.8, 4) is 0 Å². The standard InChI is InChI=1S/C18H25FO4/c1-12(2)18(22,11-16(20)10-17(21)23-4)8-7-14-9-15(19)6-5-13(14)3/h5-6,9,12,22H,7-8,10-11H2,1-4H3. The van der Waals surface area contributed by atoms with Crippen molar-refractivity contribution in [3.63, 3.8) is 0 Å². The summed E-state index contributed by atoms with van der Waals surface area (Å²) in [4.78, 5) is 23.1. The number of halogens is 1. The predicted molar refractivity (Wildman–Crippen MR) is 85.5 cm³/mol. The van der Waals surface area contributed by atoms with Gasteiger partial charge in [0.05, 0.1) is 12.7 Å². The molecular formula is C18H25FO4. The van der Waals surface area contributed by atoms with E-state index in [0.717, 1.165) is 11.1 Å². The number of esters is 1. The molecule has 0 aliphatic carbocycles. The summed E-state index contributed by atoms with van der Waals surface area (Å²) in [5.74, 6) is -1.45. The first-order valence-corrected chi connectivity index (χ1v) is 7.74. The van der Waals surface area contributed by atoms with Crippen molar-refractivity contribution in [2.75, 3.05) is 7.11 Å². The van der Waals surface area contributed by atoms with Crippen molar-refractivity contribution >= 4 is 11.8 Å². The van der Waals surface area contributed by atoms with E-state index >= 15 is 0 Å². The largest absolute Gasteiger partial charge is 0.469 e. The zero-order valence-electron chi connectivity index (χ0n) is 14.2. The number of ketones is 1. The maximum atomic E-state index is 13.4. The average molecular weight is 324 g/mol. The predicted octanol–water partition coefficient (Wildman–Crippen LogP) is 2.98. The topological polar surface area (TPSA) is 63.6 Å². The highest BCUT2D eigenvalue weighted by atomic mass is 19.1. The maximum Gasteiger partial charge on any atom is 0.313 e. The van der Waals surface area contributed by atoms with Crippen LogP contribution in [0, 0.1) is 18.7 Å². The van der Waals surface area contributed by atoms with E-state index in [4.69, 9.17) is 0 Å². The summed E-state index contributed by atoms with van der Waals surface area (Å²) in [6, 6.07) is 4.54. The quantitative estimate of drug-likeness (QED) is 0.590. The number of ether oxygens (including phenoxy) is 1. The Hall–Kier alpha value is -1.75. The summed E-state index contributed by atoms with van der Waals surface area (Å²) in [5, 5.41) is 10.8. The molecule has 1 atom stereocenters. The lowest BCUT2D eigenvalue weighted by Crippen LogP contribution is -2.38. The van der Waals surface area contributed by atoms with Gasteiger partial charge in [-0.3, -0.25) is 9.59 Å². The molecule has 1 aromatic carbocycles. The normalized spacial score (nSPS) is 13.7. The Morgan fingerprint density at radius 1 is 1.35 bits per heavy atom. The molecule has 1 rings (SSSR count). The second-order valence-corrected chi connectivity index (χ2v) is 6.30. The van der Waals surface area contributed by atoms with Crippen LogP contribution in [-0.2, 0) is 20.7 Å². The van der Waals surface area contributed by atoms with E-state index in [-0.39, 0.29) is 30.4 Å². The first-order valence-electron chi connectivity index (χ1n) is 7.74. The second kappa shape index (κ2) is 8.20. The van der Waals surface area contributed by atoms with E-state index in [2.05, 4.69) is 4.74 Å². The number of hydrogen-bond donors (Lipinski definition) is 1. The Morgan fingerprint density at radius 3 is 2.57 bits per heavy atom. The van der Waals surface area contributed by atoms with Crippen molar-refractivity contribution in [2.24, 2.45) is 5.92 Å². The van der Waals surface area contributed by atoms with Crippen molar-refractivity contribution < 1.29 is 23.8 Å². The van der Waals surface area contributed by atoms with Crippen molar-refractivity contribution in [1.82, 2.24) is 0 Å². The van der Waals surface area contributed by atoms with Gasteiger partial charge in [0.2, 0.25) is 0 Å². The smallest absolute Gasteiger partial charge is 0.313 e. The summed E-state index contributed by atoms with van der Waals surface area (Å²) >= 11 is 0. The van der Waals surface area contributed by atoms with Gasteiger partial charge in [0, 0.05) is 6.42 Å². The van der Waals surface area contributed by atoms with Crippen LogP contribution in [0.2, 0.25) is 0 Å². The van der Waals surface area contributed by atoms with Crippen LogP contribution < -0.4 is 0 Å². The van der Waals surface area contributed by atoms with Gasteiger partial charge in [-0.15, -0.1) is 0 Å². The maximum absolute atomic E-state index is 13.4. The van der Waals surface area contributed by atoms with Gasteiger partial charge in [-0.1, -0.05) is 19.9 Å². The third-order valence-corrected chi connectivity index (χ3v) is 4.29. The molecule has 0 spiro atoms. The van der Waals surface area contributed by atoms with Gasteiger partial charge >= 0.3 is 5.97 Å². The lowest BCUT2D eigenvalue weighted by atomic mass is 9.80. The van der Waals surface area contributed by atoms with Crippen LogP contribution in [0.3, 0.4) is 0 Å². The number of aryl methyl sites for hydroxylation is 2. The zero-order chi connectivity index (χ0) is 17.6. The van der Waals surface area contributed by atoms with Crippen LogP contribution in [0.5, 0.6) is 0 Å². The monoisotopic (exact) mass is 324 g/mol. The number of carbonyl (C=O) groups is 2. The highest BCUT2D eigenvalue weighted by Crippen LogP contribution is 2.28. The Morgan fingerprint density at radius 2 is 2.00 bits per heavy atom. The van der Waals surface area contributed by atoms with Crippen LogP contribution in [0.25, 0.3) is 0 Å². The first-order chi connectivity index (χ1) is 10.7. The Bertz CT molecular complexity index is 568. The lowest BCUT2D eigenvalue weighted by molar-refractivity contribution is -0.144. The van der Waals surface area contributed by atoms with E-state index in [1.165, 1.54) is 19.2 Å². The number of methoxy groups -OCH3 is 1. The van der Waals surface area contributed by atoms with Gasteiger partial charge in [-0.2, -0.15) is 0 Å². The van der Waals surface area contributed by atoms with Crippen LogP contribution in [0.15, 0.2) is 18.2 Å². The molecule has 0 saturated heterocycles. The molecule has 0 aliphatic heterocycles. The molecule has 5 heteroatoms. The highest BCUT2D eigenvalue weighted by Gasteiger charge is 2.33. The van der Waals surface area contributed by atoms with Crippen molar-refractivity contribution in [2.45, 2.75) is 52.1 Å². The van der Waals surface area contributed by atoms with E-state index in [1.807, 2.05) is 20.8 Å². The van der Waals surface area contributed by atoms with E-state index in [9.17, 15) is 19.1 Å². The summed E-state index contributed by atoms with van der Waals surface area (Å²) < 4.78 is 17.8. The zero-order valence-corrected chi connectivity index (χ0v) is 14.2. The lowest BCUT2D eigenvalue weighted by Gasteiger charge is -2.32. The summed E-state index contributed by atoms with van der Waals surface area (Å²) in [7, 11) is 1.22. The molecule has 128 valence electrons. The van der Waals surface area contributed by atoms with Crippen LogP contribution in [0.1, 0.15) is 44.2 Å². The Kier molecular flexibility index (Phi) is 6.88. The Labute approximate surface area is 136 Å². The number of aliphatic hydroxyl groups is 1. The minimum atomic E-state index is -1.23. The molecule has 0 fully saturated rings. The van der Waals surface area contributed by atoms with E-state index in [1.54, 1.807) is 6.07 Å². The number of carbonyl (C=O) groups excluding carboxylic acids is 2. The minimum Gasteiger partial charge on any atom is -0.469 e. The molecule has 0 aliphatic rings. The molecular weight excluding hydrogens is 299 g/mol. The van der Waals surface area contributed by atoms with Crippen molar-refractivity contribution in [1.29, 1.82) is 0 Å². The van der Waals surface area contributed by atoms with E-state index < -0.39 is 11.6 Å². The molecule has 23 heavy (non-hydrogen) atoms. The van der Waals surface area contributed by atoms with Gasteiger partial charge in [0.1, 0.15) is 18.0 Å². The molecule has 4 nitrogen and oxygen atoms in total. The second-order valence-electron chi connectivity index (χ2n) is 6.30. The van der Waals surface area contributed by atoms with Gasteiger partial charge < -0.3 is 9.84 Å². The number of hydrogen-bond acceptors (Lipinski definition) is 4. The van der Waals surface area contributed by atoms with Crippen LogP contribution in [-0.4, -0.2) is 29.6 Å². The Balaban J connectivity index is 2.79. The minimum absolute atomic E-state index is 0.117. The summed E-state index contributed by atoms with van der Waals surface area (Å²) in [6.07, 6.45) is 0.324. The fourth-order valence-corrected chi connectivity index (χ4v) is 2.48. The van der Waals surface area contributed by atoms with Crippen LogP contribution >= 0.6 is 0 Å². The summed E-state index contributed by atoms with van der Waals surface area (Å²) in [5.41, 5.74) is 0.520. The third-order valence-electron chi connectivity index (χ3n) is 4.29. The third kappa shape index (κ3) is 5.75. The molecule has 0 amide bonds. The van der Waals surface area contributed by atoms with Gasteiger partial charge in [0.15, 0.2) is 0 Å². The number of benzene rings is 1. The van der Waals surface area contributed by atoms with Crippen molar-refractivity contribution in [3.05, 3.63) is 35.1 Å². The molecule has 0 radical (unpaired) electrons. The summed E-state index contributed by atoms with van der Waals surface area (Å²) in [6.45, 7) is 5.53. The molecule has 0 aromatic heterocycles. The van der Waals surface area contributed by atoms with Gasteiger partial charge in [0.25, 0.3) is 0 Å². The fraction of sp³-hybridized carbons (Fsp3) is 0.556. The van der Waals surface area contributed by atoms with E-state index in [0.29, 0.717) is 12.8 Å². The molecule has 0 heterocycles. The van der Waals surface area contributed by atoms with Crippen LogP contribution in [0.4, 0.5) is 4.39 Å². The molecule has 1 unspecified atom stereocenters. The van der Waals surface area contributed by atoms with Gasteiger partial charge in [-0.05, 0) is 48.9 Å². The van der Waals surface area contributed by atoms with Gasteiger partial charge in [-0.25, -0.2) is 4.39 Å². The molecule has 1 N–H and O–H groups in total. The average Bonchev–Trinajstić information content (AvgIpc) is 2.47. The fourth-order valence-electron chi connectivity index (χ4n) is 2.48. The SMILES string of the molecule is COC(=O)CC(=O)CC(O)(CCc1cc(F)ccc1C)C(C)C. The highest BCUT2D eigenvalue weighted by molar-refractivity contribution is 5.95.